The van der Waals surface area contributed by atoms with Crippen molar-refractivity contribution in [3.63, 3.8) is 0 Å². The zero-order valence-electron chi connectivity index (χ0n) is 14.2. The molecule has 0 radical (unpaired) electrons. The van der Waals surface area contributed by atoms with E-state index in [2.05, 4.69) is 4.98 Å². The summed E-state index contributed by atoms with van der Waals surface area (Å²) in [6.45, 7) is 0.263. The number of aromatic nitrogens is 2. The van der Waals surface area contributed by atoms with Crippen LogP contribution in [0.5, 0.6) is 5.75 Å². The standard InChI is InChI=1S/C20H15ClN2O4/c21-14-6-9-19-22-15(11-23(19)10-14)12-26-20(24)18-8-7-17(27-18)13-25-16-4-2-1-3-5-16/h1-11H,12-13H2. The Morgan fingerprint density at radius 1 is 1.04 bits per heavy atom. The number of benzene rings is 1. The number of furan rings is 1. The minimum Gasteiger partial charge on any atom is -0.486 e. The number of carbonyl (C=O) groups is 1. The first-order valence-corrected chi connectivity index (χ1v) is 8.62. The Morgan fingerprint density at radius 3 is 2.74 bits per heavy atom. The van der Waals surface area contributed by atoms with Gasteiger partial charge in [0.15, 0.2) is 0 Å². The highest BCUT2D eigenvalue weighted by Gasteiger charge is 2.14. The average molecular weight is 383 g/mol. The highest BCUT2D eigenvalue weighted by atomic mass is 35.5. The smallest absolute Gasteiger partial charge is 0.374 e. The number of hydrogen-bond acceptors (Lipinski definition) is 5. The van der Waals surface area contributed by atoms with Gasteiger partial charge in [-0.2, -0.15) is 0 Å². The SMILES string of the molecule is O=C(OCc1cn2cc(Cl)ccc2n1)c1ccc(COc2ccccc2)o1. The Hall–Kier alpha value is -3.25. The molecule has 3 aromatic heterocycles. The molecule has 4 rings (SSSR count). The first-order valence-electron chi connectivity index (χ1n) is 8.24. The first kappa shape index (κ1) is 17.2. The number of carbonyl (C=O) groups excluding carboxylic acids is 1. The summed E-state index contributed by atoms with van der Waals surface area (Å²) in [6, 6.07) is 16.2. The number of ether oxygens (including phenoxy) is 2. The fourth-order valence-corrected chi connectivity index (χ4v) is 2.70. The van der Waals surface area contributed by atoms with Crippen molar-refractivity contribution in [2.75, 3.05) is 0 Å². The van der Waals surface area contributed by atoms with Gasteiger partial charge in [0.05, 0.1) is 10.7 Å². The second-order valence-electron chi connectivity index (χ2n) is 5.79. The van der Waals surface area contributed by atoms with E-state index in [-0.39, 0.29) is 19.0 Å². The fourth-order valence-electron chi connectivity index (χ4n) is 2.53. The molecule has 0 aliphatic carbocycles. The van der Waals surface area contributed by atoms with Gasteiger partial charge in [-0.05, 0) is 36.4 Å². The molecule has 4 aromatic rings. The lowest BCUT2D eigenvalue weighted by molar-refractivity contribution is 0.0428. The molecule has 0 unspecified atom stereocenters. The number of halogens is 1. The van der Waals surface area contributed by atoms with Crippen molar-refractivity contribution in [1.29, 1.82) is 0 Å². The first-order chi connectivity index (χ1) is 13.2. The molecule has 7 heteroatoms. The molecule has 0 N–H and O–H groups in total. The maximum absolute atomic E-state index is 12.2. The number of para-hydroxylation sites is 1. The quantitative estimate of drug-likeness (QED) is 0.459. The minimum atomic E-state index is -0.559. The summed E-state index contributed by atoms with van der Waals surface area (Å²) >= 11 is 5.95. The third-order valence-corrected chi connectivity index (χ3v) is 4.03. The van der Waals surface area contributed by atoms with Gasteiger partial charge in [0.25, 0.3) is 0 Å². The van der Waals surface area contributed by atoms with Gasteiger partial charge in [-0.25, -0.2) is 9.78 Å². The summed E-state index contributed by atoms with van der Waals surface area (Å²) in [5, 5.41) is 0.601. The molecule has 1 aromatic carbocycles. The molecule has 136 valence electrons. The van der Waals surface area contributed by atoms with Crippen molar-refractivity contribution in [3.05, 3.63) is 89.2 Å². The second kappa shape index (κ2) is 7.55. The molecular formula is C20H15ClN2O4. The number of fused-ring (bicyclic) bond motifs is 1. The molecular weight excluding hydrogens is 368 g/mol. The van der Waals surface area contributed by atoms with Crippen LogP contribution in [0.4, 0.5) is 0 Å². The van der Waals surface area contributed by atoms with E-state index < -0.39 is 5.97 Å². The number of hydrogen-bond donors (Lipinski definition) is 0. The topological polar surface area (TPSA) is 66.0 Å². The lowest BCUT2D eigenvalue weighted by Crippen LogP contribution is -2.04. The zero-order chi connectivity index (χ0) is 18.6. The number of esters is 1. The monoisotopic (exact) mass is 382 g/mol. The number of pyridine rings is 1. The van der Waals surface area contributed by atoms with Crippen molar-refractivity contribution in [2.24, 2.45) is 0 Å². The zero-order valence-corrected chi connectivity index (χ0v) is 14.9. The maximum atomic E-state index is 12.2. The van der Waals surface area contributed by atoms with E-state index in [1.807, 2.05) is 30.3 Å². The molecule has 0 aliphatic rings. The van der Waals surface area contributed by atoms with Crippen molar-refractivity contribution in [1.82, 2.24) is 9.38 Å². The Bertz CT molecular complexity index is 1070. The lowest BCUT2D eigenvalue weighted by Gasteiger charge is -2.03. The third kappa shape index (κ3) is 4.12. The van der Waals surface area contributed by atoms with Crippen LogP contribution in [-0.2, 0) is 18.0 Å². The summed E-state index contributed by atoms with van der Waals surface area (Å²) in [5.74, 6) is 0.822. The number of rotatable bonds is 6. The molecule has 0 bridgehead atoms. The van der Waals surface area contributed by atoms with E-state index in [9.17, 15) is 4.79 Å². The highest BCUT2D eigenvalue weighted by molar-refractivity contribution is 6.30. The van der Waals surface area contributed by atoms with E-state index in [1.54, 1.807) is 41.1 Å². The van der Waals surface area contributed by atoms with Crippen molar-refractivity contribution >= 4 is 23.2 Å². The van der Waals surface area contributed by atoms with Crippen LogP contribution >= 0.6 is 11.6 Å². The van der Waals surface area contributed by atoms with Crippen molar-refractivity contribution < 1.29 is 18.7 Å². The molecule has 27 heavy (non-hydrogen) atoms. The molecule has 0 aliphatic heterocycles. The minimum absolute atomic E-state index is 0.0364. The normalized spacial score (nSPS) is 10.9. The van der Waals surface area contributed by atoms with Crippen molar-refractivity contribution in [3.8, 4) is 5.75 Å². The van der Waals surface area contributed by atoms with E-state index in [0.29, 0.717) is 16.5 Å². The highest BCUT2D eigenvalue weighted by Crippen LogP contribution is 2.16. The van der Waals surface area contributed by atoms with Crippen molar-refractivity contribution in [2.45, 2.75) is 13.2 Å². The number of nitrogens with zero attached hydrogens (tertiary/aromatic N) is 2. The van der Waals surface area contributed by atoms with Crippen LogP contribution in [0.15, 0.2) is 71.4 Å². The lowest BCUT2D eigenvalue weighted by atomic mass is 10.3. The largest absolute Gasteiger partial charge is 0.486 e. The van der Waals surface area contributed by atoms with E-state index in [4.69, 9.17) is 25.5 Å². The van der Waals surface area contributed by atoms with Crippen LogP contribution in [0.1, 0.15) is 22.0 Å². The van der Waals surface area contributed by atoms with Gasteiger partial charge in [0.1, 0.15) is 30.4 Å². The van der Waals surface area contributed by atoms with Crippen LogP contribution < -0.4 is 4.74 Å². The van der Waals surface area contributed by atoms with Gasteiger partial charge in [0.2, 0.25) is 5.76 Å². The Labute approximate surface area is 159 Å². The molecule has 0 atom stereocenters. The second-order valence-corrected chi connectivity index (χ2v) is 6.23. The summed E-state index contributed by atoms with van der Waals surface area (Å²) in [5.41, 5.74) is 1.34. The predicted octanol–water partition coefficient (Wildman–Crippen LogP) is 4.52. The van der Waals surface area contributed by atoms with Gasteiger partial charge >= 0.3 is 5.97 Å². The van der Waals surface area contributed by atoms with Gasteiger partial charge in [0, 0.05) is 12.4 Å². The average Bonchev–Trinajstić information content (AvgIpc) is 3.31. The molecule has 3 heterocycles. The Morgan fingerprint density at radius 2 is 1.89 bits per heavy atom. The van der Waals surface area contributed by atoms with Gasteiger partial charge in [-0.3, -0.25) is 0 Å². The summed E-state index contributed by atoms with van der Waals surface area (Å²) in [6.07, 6.45) is 3.50. The summed E-state index contributed by atoms with van der Waals surface area (Å²) in [4.78, 5) is 16.5. The molecule has 0 fully saturated rings. The molecule has 6 nitrogen and oxygen atoms in total. The van der Waals surface area contributed by atoms with Crippen LogP contribution in [0, 0.1) is 0 Å². The summed E-state index contributed by atoms with van der Waals surface area (Å²) in [7, 11) is 0. The van der Waals surface area contributed by atoms with Crippen LogP contribution in [0.25, 0.3) is 5.65 Å². The van der Waals surface area contributed by atoms with Gasteiger partial charge < -0.3 is 18.3 Å². The fraction of sp³-hybridized carbons (Fsp3) is 0.100. The third-order valence-electron chi connectivity index (χ3n) is 3.80. The molecule has 0 saturated heterocycles. The van der Waals surface area contributed by atoms with E-state index in [1.165, 1.54) is 0 Å². The van der Waals surface area contributed by atoms with Gasteiger partial charge in [-0.15, -0.1) is 0 Å². The summed E-state index contributed by atoms with van der Waals surface area (Å²) < 4.78 is 18.1. The van der Waals surface area contributed by atoms with E-state index in [0.717, 1.165) is 11.4 Å². The maximum Gasteiger partial charge on any atom is 0.374 e. The number of imidazole rings is 1. The Kier molecular flexibility index (Phi) is 4.80. The van der Waals surface area contributed by atoms with Crippen LogP contribution in [0.2, 0.25) is 5.02 Å². The van der Waals surface area contributed by atoms with Gasteiger partial charge in [-0.1, -0.05) is 29.8 Å². The van der Waals surface area contributed by atoms with E-state index >= 15 is 0 Å². The van der Waals surface area contributed by atoms with Crippen LogP contribution in [-0.4, -0.2) is 15.4 Å². The molecule has 0 spiro atoms. The predicted molar refractivity (Wildman–Crippen MR) is 98.8 cm³/mol. The molecule has 0 saturated carbocycles. The molecule has 0 amide bonds. The van der Waals surface area contributed by atoms with Crippen LogP contribution in [0.3, 0.4) is 0 Å². The Balaban J connectivity index is 1.34.